The van der Waals surface area contributed by atoms with Crippen molar-refractivity contribution in [1.82, 2.24) is 10.2 Å². The van der Waals surface area contributed by atoms with Gasteiger partial charge in [-0.15, -0.1) is 0 Å². The van der Waals surface area contributed by atoms with Crippen LogP contribution in [-0.2, 0) is 6.42 Å². The minimum atomic E-state index is -0.183. The smallest absolute Gasteiger partial charge is 0.255 e. The Hall–Kier alpha value is -3.29. The van der Waals surface area contributed by atoms with E-state index in [1.165, 1.54) is 0 Å². The Bertz CT molecular complexity index is 1020. The number of carbonyl (C=O) groups excluding carboxylic acids is 1. The van der Waals surface area contributed by atoms with Gasteiger partial charge in [0.05, 0.1) is 31.4 Å². The van der Waals surface area contributed by atoms with Gasteiger partial charge in [-0.3, -0.25) is 9.79 Å². The molecule has 0 saturated heterocycles. The average Bonchev–Trinajstić information content (AvgIpc) is 3.33. The number of ether oxygens (including phenoxy) is 2. The number of nitrogens with zero attached hydrogens (tertiary/aromatic N) is 3. The van der Waals surface area contributed by atoms with Crippen molar-refractivity contribution in [1.29, 1.82) is 0 Å². The van der Waals surface area contributed by atoms with Crippen LogP contribution in [0, 0.1) is 6.92 Å². The molecule has 1 aromatic carbocycles. The summed E-state index contributed by atoms with van der Waals surface area (Å²) in [4.78, 5) is 24.2. The molecule has 0 bridgehead atoms. The molecule has 0 aliphatic carbocycles. The van der Waals surface area contributed by atoms with Crippen molar-refractivity contribution in [2.24, 2.45) is 9.98 Å². The van der Waals surface area contributed by atoms with Crippen molar-refractivity contribution in [2.75, 3.05) is 27.3 Å². The fourth-order valence-electron chi connectivity index (χ4n) is 3.80. The highest BCUT2D eigenvalue weighted by molar-refractivity contribution is 6.17. The molecule has 0 unspecified atom stereocenters. The van der Waals surface area contributed by atoms with Gasteiger partial charge < -0.3 is 24.1 Å². The number of aryl methyl sites for hydroxylation is 1. The summed E-state index contributed by atoms with van der Waals surface area (Å²) < 4.78 is 16.4. The molecule has 2 aliphatic heterocycles. The molecule has 8 heteroatoms. The molecule has 1 amide bonds. The van der Waals surface area contributed by atoms with E-state index in [4.69, 9.17) is 18.9 Å². The van der Waals surface area contributed by atoms with Crippen LogP contribution in [0.2, 0.25) is 0 Å². The van der Waals surface area contributed by atoms with Crippen LogP contribution in [0.15, 0.2) is 32.6 Å². The fraction of sp³-hybridized carbons (Fsp3) is 0.409. The Balaban J connectivity index is 1.49. The number of amidine groups is 1. The zero-order valence-corrected chi connectivity index (χ0v) is 17.7. The number of amides is 1. The molecule has 0 saturated carbocycles. The summed E-state index contributed by atoms with van der Waals surface area (Å²) in [6.07, 6.45) is 3.33. The minimum absolute atomic E-state index is 0.183. The summed E-state index contributed by atoms with van der Waals surface area (Å²) in [5.74, 6) is 2.93. The third-order valence-electron chi connectivity index (χ3n) is 5.43. The predicted molar refractivity (Wildman–Crippen MR) is 115 cm³/mol. The van der Waals surface area contributed by atoms with Crippen LogP contribution in [0.5, 0.6) is 11.5 Å². The van der Waals surface area contributed by atoms with E-state index in [1.54, 1.807) is 27.5 Å². The molecule has 1 atom stereocenters. The summed E-state index contributed by atoms with van der Waals surface area (Å²) in [7, 11) is 3.21. The number of nitrogens with one attached hydrogen (secondary N) is 1. The molecule has 158 valence electrons. The SMILES string of the molecule is CC[C@H]1CN2C=Nc3oc(C)c(C(=O)NCCc4ccc(OC)c(OC)c4)c3C2=N1. The first-order chi connectivity index (χ1) is 14.5. The second-order valence-corrected chi connectivity index (χ2v) is 7.32. The lowest BCUT2D eigenvalue weighted by Gasteiger charge is -2.18. The number of hydrogen-bond donors (Lipinski definition) is 1. The van der Waals surface area contributed by atoms with E-state index < -0.39 is 0 Å². The van der Waals surface area contributed by atoms with Crippen molar-refractivity contribution in [3.8, 4) is 11.5 Å². The molecule has 0 radical (unpaired) electrons. The summed E-state index contributed by atoms with van der Waals surface area (Å²) in [5.41, 5.74) is 2.24. The van der Waals surface area contributed by atoms with Gasteiger partial charge in [-0.25, -0.2) is 4.99 Å². The van der Waals surface area contributed by atoms with Gasteiger partial charge in [0.15, 0.2) is 11.5 Å². The molecule has 0 fully saturated rings. The highest BCUT2D eigenvalue weighted by Crippen LogP contribution is 2.35. The Kier molecular flexibility index (Phi) is 5.48. The van der Waals surface area contributed by atoms with Gasteiger partial charge in [0.2, 0.25) is 5.88 Å². The topological polar surface area (TPSA) is 88.7 Å². The molecule has 1 N–H and O–H groups in total. The molecule has 8 nitrogen and oxygen atoms in total. The number of fused-ring (bicyclic) bond motifs is 3. The zero-order valence-electron chi connectivity index (χ0n) is 17.7. The summed E-state index contributed by atoms with van der Waals surface area (Å²) in [5, 5.41) is 3.00. The highest BCUT2D eigenvalue weighted by Gasteiger charge is 2.35. The van der Waals surface area contributed by atoms with Crippen molar-refractivity contribution in [3.05, 3.63) is 40.6 Å². The molecule has 3 heterocycles. The monoisotopic (exact) mass is 410 g/mol. The van der Waals surface area contributed by atoms with Gasteiger partial charge in [-0.1, -0.05) is 13.0 Å². The molecule has 30 heavy (non-hydrogen) atoms. The molecular formula is C22H26N4O4. The number of carbonyl (C=O) groups is 1. The van der Waals surface area contributed by atoms with Crippen LogP contribution < -0.4 is 14.8 Å². The van der Waals surface area contributed by atoms with E-state index in [-0.39, 0.29) is 11.9 Å². The first-order valence-electron chi connectivity index (χ1n) is 10.1. The van der Waals surface area contributed by atoms with E-state index >= 15 is 0 Å². The first kappa shape index (κ1) is 20.0. The Morgan fingerprint density at radius 1 is 1.30 bits per heavy atom. The number of methoxy groups -OCH3 is 2. The molecule has 2 aromatic rings. The van der Waals surface area contributed by atoms with Gasteiger partial charge in [-0.2, -0.15) is 0 Å². The van der Waals surface area contributed by atoms with Crippen molar-refractivity contribution < 1.29 is 18.7 Å². The maximum absolute atomic E-state index is 13.0. The molecule has 1 aromatic heterocycles. The van der Waals surface area contributed by atoms with Crippen molar-refractivity contribution in [3.63, 3.8) is 0 Å². The Morgan fingerprint density at radius 2 is 2.10 bits per heavy atom. The second-order valence-electron chi connectivity index (χ2n) is 7.32. The quantitative estimate of drug-likeness (QED) is 0.758. The van der Waals surface area contributed by atoms with Gasteiger partial charge in [0.25, 0.3) is 5.91 Å². The van der Waals surface area contributed by atoms with Crippen LogP contribution >= 0.6 is 0 Å². The van der Waals surface area contributed by atoms with Crippen LogP contribution in [0.25, 0.3) is 0 Å². The second kappa shape index (κ2) is 8.22. The van der Waals surface area contributed by atoms with E-state index in [0.717, 1.165) is 24.4 Å². The number of furan rings is 1. The van der Waals surface area contributed by atoms with Gasteiger partial charge in [0, 0.05) is 13.1 Å². The highest BCUT2D eigenvalue weighted by atomic mass is 16.5. The maximum Gasteiger partial charge on any atom is 0.255 e. The number of hydrogen-bond acceptors (Lipinski definition) is 7. The minimum Gasteiger partial charge on any atom is -0.493 e. The van der Waals surface area contributed by atoms with E-state index in [9.17, 15) is 4.79 Å². The largest absolute Gasteiger partial charge is 0.493 e. The van der Waals surface area contributed by atoms with E-state index in [1.807, 2.05) is 23.1 Å². The van der Waals surface area contributed by atoms with Gasteiger partial charge >= 0.3 is 0 Å². The zero-order chi connectivity index (χ0) is 21.3. The fourth-order valence-corrected chi connectivity index (χ4v) is 3.80. The number of rotatable bonds is 7. The Labute approximate surface area is 175 Å². The normalized spacial score (nSPS) is 16.7. The third-order valence-corrected chi connectivity index (χ3v) is 5.43. The predicted octanol–water partition coefficient (Wildman–Crippen LogP) is 3.09. The van der Waals surface area contributed by atoms with E-state index in [0.29, 0.717) is 47.2 Å². The van der Waals surface area contributed by atoms with Gasteiger partial charge in [0.1, 0.15) is 17.9 Å². The first-order valence-corrected chi connectivity index (χ1v) is 10.1. The lowest BCUT2D eigenvalue weighted by molar-refractivity contribution is 0.0952. The molecular weight excluding hydrogens is 384 g/mol. The third kappa shape index (κ3) is 3.53. The Morgan fingerprint density at radius 3 is 2.83 bits per heavy atom. The standard InChI is InChI=1S/C22H26N4O4/c1-5-15-11-26-12-24-22-19(20(26)25-15)18(13(2)30-22)21(27)23-9-8-14-6-7-16(28-3)17(10-14)29-4/h6-7,10,12,15H,5,8-9,11H2,1-4H3,(H,23,27)/t15-/m0/s1. The lowest BCUT2D eigenvalue weighted by Crippen LogP contribution is -2.33. The summed E-state index contributed by atoms with van der Waals surface area (Å²) in [6.45, 7) is 5.14. The maximum atomic E-state index is 13.0. The van der Waals surface area contributed by atoms with Gasteiger partial charge in [-0.05, 0) is 37.5 Å². The van der Waals surface area contributed by atoms with Crippen LogP contribution in [0.3, 0.4) is 0 Å². The van der Waals surface area contributed by atoms with E-state index in [2.05, 4.69) is 17.2 Å². The van der Waals surface area contributed by atoms with Crippen molar-refractivity contribution in [2.45, 2.75) is 32.7 Å². The number of aliphatic imine (C=N–C) groups is 2. The van der Waals surface area contributed by atoms with Crippen LogP contribution in [0.4, 0.5) is 5.88 Å². The summed E-state index contributed by atoms with van der Waals surface area (Å²) in [6, 6.07) is 5.94. The summed E-state index contributed by atoms with van der Waals surface area (Å²) >= 11 is 0. The molecule has 4 rings (SSSR count). The average molecular weight is 410 g/mol. The van der Waals surface area contributed by atoms with Crippen molar-refractivity contribution >= 4 is 24.0 Å². The van der Waals surface area contributed by atoms with Crippen LogP contribution in [-0.4, -0.2) is 56.3 Å². The molecule has 0 spiro atoms. The number of benzene rings is 1. The van der Waals surface area contributed by atoms with Crippen LogP contribution in [0.1, 0.15) is 40.6 Å². The molecule has 2 aliphatic rings. The lowest BCUT2D eigenvalue weighted by atomic mass is 10.1.